The third-order valence-electron chi connectivity index (χ3n) is 2.80. The molecule has 0 unspecified atom stereocenters. The van der Waals surface area contributed by atoms with E-state index in [1.165, 1.54) is 24.7 Å². The summed E-state index contributed by atoms with van der Waals surface area (Å²) in [5, 5.41) is 5.16. The van der Waals surface area contributed by atoms with Crippen LogP contribution in [0.5, 0.6) is 0 Å². The third kappa shape index (κ3) is 4.15. The van der Waals surface area contributed by atoms with Crippen LogP contribution in [0.4, 0.5) is 4.39 Å². The molecule has 1 aromatic carbocycles. The minimum atomic E-state index is -0.445. The first kappa shape index (κ1) is 15.7. The van der Waals surface area contributed by atoms with Crippen molar-refractivity contribution in [3.63, 3.8) is 0 Å². The van der Waals surface area contributed by atoms with Gasteiger partial charge in [-0.3, -0.25) is 9.59 Å². The number of imidazole rings is 1. The van der Waals surface area contributed by atoms with Crippen molar-refractivity contribution >= 4 is 11.8 Å². The molecular formula is C15H17FN4O2. The van der Waals surface area contributed by atoms with E-state index in [1.54, 1.807) is 16.7 Å². The predicted molar refractivity (Wildman–Crippen MR) is 79.1 cm³/mol. The average molecular weight is 304 g/mol. The molecule has 0 saturated carbocycles. The Hall–Kier alpha value is -2.70. The second-order valence-corrected chi connectivity index (χ2v) is 5.05. The number of nitrogens with zero attached hydrogens (tertiary/aromatic N) is 2. The lowest BCUT2D eigenvalue weighted by molar-refractivity contribution is -0.120. The largest absolute Gasteiger partial charge is 0.352 e. The lowest BCUT2D eigenvalue weighted by atomic mass is 10.3. The van der Waals surface area contributed by atoms with Crippen LogP contribution >= 0.6 is 0 Å². The van der Waals surface area contributed by atoms with Gasteiger partial charge in [0.1, 0.15) is 17.8 Å². The summed E-state index contributed by atoms with van der Waals surface area (Å²) >= 11 is 0. The highest BCUT2D eigenvalue weighted by molar-refractivity contribution is 5.94. The van der Waals surface area contributed by atoms with Crippen molar-refractivity contribution in [3.05, 3.63) is 48.3 Å². The molecule has 0 fully saturated rings. The Bertz CT molecular complexity index is 664. The lowest BCUT2D eigenvalue weighted by Crippen LogP contribution is -2.39. The van der Waals surface area contributed by atoms with Crippen LogP contribution in [0.3, 0.4) is 0 Å². The molecule has 2 rings (SSSR count). The van der Waals surface area contributed by atoms with Gasteiger partial charge in [0, 0.05) is 17.9 Å². The van der Waals surface area contributed by atoms with Crippen molar-refractivity contribution < 1.29 is 14.0 Å². The number of amides is 2. The number of aromatic nitrogens is 2. The second kappa shape index (κ2) is 6.84. The van der Waals surface area contributed by atoms with Gasteiger partial charge in [-0.05, 0) is 38.1 Å². The minimum Gasteiger partial charge on any atom is -0.352 e. The summed E-state index contributed by atoms with van der Waals surface area (Å²) in [5.74, 6) is -1.04. The molecule has 7 heteroatoms. The van der Waals surface area contributed by atoms with Crippen LogP contribution in [0.25, 0.3) is 5.69 Å². The summed E-state index contributed by atoms with van der Waals surface area (Å²) < 4.78 is 14.5. The summed E-state index contributed by atoms with van der Waals surface area (Å²) in [7, 11) is 0. The zero-order valence-corrected chi connectivity index (χ0v) is 12.3. The van der Waals surface area contributed by atoms with Gasteiger partial charge in [0.05, 0.1) is 6.54 Å². The van der Waals surface area contributed by atoms with Crippen molar-refractivity contribution in [2.45, 2.75) is 19.9 Å². The Balaban J connectivity index is 1.97. The first-order chi connectivity index (χ1) is 10.5. The Kier molecular flexibility index (Phi) is 4.88. The number of hydrogen-bond donors (Lipinski definition) is 2. The van der Waals surface area contributed by atoms with Crippen LogP contribution in [-0.4, -0.2) is 34.0 Å². The van der Waals surface area contributed by atoms with E-state index in [1.807, 2.05) is 13.8 Å². The minimum absolute atomic E-state index is 0.0158. The van der Waals surface area contributed by atoms with Gasteiger partial charge < -0.3 is 15.2 Å². The molecule has 116 valence electrons. The quantitative estimate of drug-likeness (QED) is 0.873. The zero-order chi connectivity index (χ0) is 16.1. The van der Waals surface area contributed by atoms with Gasteiger partial charge in [-0.2, -0.15) is 0 Å². The maximum atomic E-state index is 12.9. The Labute approximate surface area is 127 Å². The Morgan fingerprint density at radius 2 is 1.95 bits per heavy atom. The van der Waals surface area contributed by atoms with Crippen molar-refractivity contribution in [1.82, 2.24) is 20.2 Å². The van der Waals surface area contributed by atoms with E-state index in [-0.39, 0.29) is 30.0 Å². The normalized spacial score (nSPS) is 10.5. The summed E-state index contributed by atoms with van der Waals surface area (Å²) in [6.45, 7) is 3.56. The SMILES string of the molecule is CC(C)NC(=O)CNC(=O)c1cn(-c2ccc(F)cc2)cn1. The van der Waals surface area contributed by atoms with Crippen LogP contribution in [0.2, 0.25) is 0 Å². The third-order valence-corrected chi connectivity index (χ3v) is 2.80. The van der Waals surface area contributed by atoms with E-state index >= 15 is 0 Å². The lowest BCUT2D eigenvalue weighted by Gasteiger charge is -2.08. The molecule has 1 heterocycles. The highest BCUT2D eigenvalue weighted by Crippen LogP contribution is 2.09. The molecule has 2 N–H and O–H groups in total. The molecule has 0 atom stereocenters. The molecule has 0 saturated heterocycles. The molecule has 1 aromatic heterocycles. The smallest absolute Gasteiger partial charge is 0.271 e. The number of nitrogens with one attached hydrogen (secondary N) is 2. The number of hydrogen-bond acceptors (Lipinski definition) is 3. The highest BCUT2D eigenvalue weighted by atomic mass is 19.1. The van der Waals surface area contributed by atoms with Crippen LogP contribution in [-0.2, 0) is 4.79 Å². The van der Waals surface area contributed by atoms with Crippen molar-refractivity contribution in [2.24, 2.45) is 0 Å². The molecule has 0 radical (unpaired) electrons. The number of halogens is 1. The van der Waals surface area contributed by atoms with E-state index in [0.717, 1.165) is 0 Å². The maximum absolute atomic E-state index is 12.9. The predicted octanol–water partition coefficient (Wildman–Crippen LogP) is 1.27. The van der Waals surface area contributed by atoms with Crippen LogP contribution in [0.1, 0.15) is 24.3 Å². The van der Waals surface area contributed by atoms with E-state index in [9.17, 15) is 14.0 Å². The van der Waals surface area contributed by atoms with Gasteiger partial charge in [-0.15, -0.1) is 0 Å². The molecule has 0 aliphatic carbocycles. The maximum Gasteiger partial charge on any atom is 0.271 e. The fourth-order valence-electron chi connectivity index (χ4n) is 1.82. The molecule has 0 spiro atoms. The summed E-state index contributed by atoms with van der Waals surface area (Å²) in [5.41, 5.74) is 0.868. The standard InChI is InChI=1S/C15H17FN4O2/c1-10(2)19-14(21)7-17-15(22)13-8-20(9-18-13)12-5-3-11(16)4-6-12/h3-6,8-10H,7H2,1-2H3,(H,17,22)(H,19,21). The van der Waals surface area contributed by atoms with Gasteiger partial charge >= 0.3 is 0 Å². The number of carbonyl (C=O) groups is 2. The fourth-order valence-corrected chi connectivity index (χ4v) is 1.82. The van der Waals surface area contributed by atoms with Gasteiger partial charge in [0.2, 0.25) is 5.91 Å². The molecule has 22 heavy (non-hydrogen) atoms. The van der Waals surface area contributed by atoms with Crippen molar-refractivity contribution in [1.29, 1.82) is 0 Å². The van der Waals surface area contributed by atoms with Crippen LogP contribution in [0, 0.1) is 5.82 Å². The van der Waals surface area contributed by atoms with Crippen molar-refractivity contribution in [2.75, 3.05) is 6.54 Å². The zero-order valence-electron chi connectivity index (χ0n) is 12.3. The molecule has 2 amide bonds. The van der Waals surface area contributed by atoms with E-state index in [0.29, 0.717) is 5.69 Å². The van der Waals surface area contributed by atoms with Gasteiger partial charge in [-0.25, -0.2) is 9.37 Å². The molecule has 2 aromatic rings. The fraction of sp³-hybridized carbons (Fsp3) is 0.267. The number of rotatable bonds is 5. The first-order valence-electron chi connectivity index (χ1n) is 6.83. The van der Waals surface area contributed by atoms with Crippen LogP contribution in [0.15, 0.2) is 36.8 Å². The summed E-state index contributed by atoms with van der Waals surface area (Å²) in [6, 6.07) is 5.82. The number of carbonyl (C=O) groups excluding carboxylic acids is 2. The Morgan fingerprint density at radius 3 is 2.59 bits per heavy atom. The van der Waals surface area contributed by atoms with E-state index in [4.69, 9.17) is 0 Å². The monoisotopic (exact) mass is 304 g/mol. The molecular weight excluding hydrogens is 287 g/mol. The van der Waals surface area contributed by atoms with Gasteiger partial charge in [-0.1, -0.05) is 0 Å². The summed E-state index contributed by atoms with van der Waals surface area (Å²) in [4.78, 5) is 27.3. The first-order valence-corrected chi connectivity index (χ1v) is 6.83. The van der Waals surface area contributed by atoms with E-state index in [2.05, 4.69) is 15.6 Å². The van der Waals surface area contributed by atoms with Crippen molar-refractivity contribution in [3.8, 4) is 5.69 Å². The van der Waals surface area contributed by atoms with E-state index < -0.39 is 5.91 Å². The molecule has 0 aliphatic rings. The Morgan fingerprint density at radius 1 is 1.27 bits per heavy atom. The second-order valence-electron chi connectivity index (χ2n) is 5.05. The molecule has 6 nitrogen and oxygen atoms in total. The average Bonchev–Trinajstić information content (AvgIpc) is 2.94. The van der Waals surface area contributed by atoms with Crippen LogP contribution < -0.4 is 10.6 Å². The van der Waals surface area contributed by atoms with Gasteiger partial charge in [0.15, 0.2) is 0 Å². The van der Waals surface area contributed by atoms with Gasteiger partial charge in [0.25, 0.3) is 5.91 Å². The summed E-state index contributed by atoms with van der Waals surface area (Å²) in [6.07, 6.45) is 2.97. The molecule has 0 bridgehead atoms. The number of benzene rings is 1. The topological polar surface area (TPSA) is 76.0 Å². The highest BCUT2D eigenvalue weighted by Gasteiger charge is 2.12. The molecule has 0 aliphatic heterocycles.